The molecule has 194 valence electrons. The van der Waals surface area contributed by atoms with Crippen LogP contribution in [0.15, 0.2) is 38.0 Å². The Bertz CT molecular complexity index is 490. The molecule has 0 aliphatic heterocycles. The second-order valence-electron chi connectivity index (χ2n) is 5.37. The highest BCUT2D eigenvalue weighted by Gasteiger charge is 1.94. The number of hydrogen-bond acceptors (Lipinski definition) is 12. The molecule has 0 spiro atoms. The molecule has 0 heterocycles. The highest BCUT2D eigenvalue weighted by Crippen LogP contribution is 1.89. The van der Waals surface area contributed by atoms with Crippen molar-refractivity contribution in [2.45, 2.75) is 25.4 Å². The Balaban J connectivity index is -0.000000173. The maximum Gasteiger partial charge on any atom is 0.330 e. The quantitative estimate of drug-likeness (QED) is 0.0735. The van der Waals surface area contributed by atoms with Gasteiger partial charge in [0, 0.05) is 37.9 Å². The van der Waals surface area contributed by atoms with Crippen molar-refractivity contribution < 1.29 is 59.2 Å². The summed E-state index contributed by atoms with van der Waals surface area (Å²) in [4.78, 5) is 30.8. The van der Waals surface area contributed by atoms with Gasteiger partial charge in [-0.3, -0.25) is 0 Å². The molecule has 0 aromatic heterocycles. The molecule has 0 amide bonds. The Morgan fingerprint density at radius 2 is 0.970 bits per heavy atom. The van der Waals surface area contributed by atoms with Crippen molar-refractivity contribution in [1.29, 1.82) is 0 Å². The summed E-state index contributed by atoms with van der Waals surface area (Å²) in [5, 5.41) is 48.7. The molecule has 0 bridgehead atoms. The van der Waals surface area contributed by atoms with Crippen LogP contribution in [0.4, 0.5) is 0 Å². The van der Waals surface area contributed by atoms with Gasteiger partial charge < -0.3 is 44.8 Å². The molecule has 0 saturated heterocycles. The fraction of sp³-hybridized carbons (Fsp3) is 0.571. The summed E-state index contributed by atoms with van der Waals surface area (Å²) < 4.78 is 13.5. The van der Waals surface area contributed by atoms with Crippen LogP contribution in [0.5, 0.6) is 0 Å². The Morgan fingerprint density at radius 1 is 0.606 bits per heavy atom. The van der Waals surface area contributed by atoms with Crippen molar-refractivity contribution in [2.75, 3.05) is 52.9 Å². The van der Waals surface area contributed by atoms with Crippen LogP contribution in [0.3, 0.4) is 0 Å². The fourth-order valence-electron chi connectivity index (χ4n) is 1.00. The lowest BCUT2D eigenvalue weighted by atomic mass is 10.3. The van der Waals surface area contributed by atoms with E-state index in [-0.39, 0.29) is 46.2 Å². The van der Waals surface area contributed by atoms with Crippen LogP contribution >= 0.6 is 0 Å². The van der Waals surface area contributed by atoms with Crippen LogP contribution in [0.1, 0.15) is 19.3 Å². The average Bonchev–Trinajstić information content (AvgIpc) is 2.85. The van der Waals surface area contributed by atoms with Gasteiger partial charge in [0.2, 0.25) is 0 Å². The topological polar surface area (TPSA) is 200 Å². The first kappa shape index (κ1) is 37.7. The zero-order valence-electron chi connectivity index (χ0n) is 18.8. The van der Waals surface area contributed by atoms with E-state index >= 15 is 0 Å². The van der Waals surface area contributed by atoms with Crippen LogP contribution in [-0.4, -0.2) is 108 Å². The van der Waals surface area contributed by atoms with Gasteiger partial charge in [-0.2, -0.15) is 0 Å². The van der Waals surface area contributed by atoms with Gasteiger partial charge in [0.05, 0.1) is 33.0 Å². The number of unbranched alkanes of at least 4 members (excludes halogenated alkanes) is 1. The van der Waals surface area contributed by atoms with E-state index in [1.807, 2.05) is 0 Å². The standard InChI is InChI=1S/C7H12O3.C6H10O3.C5H8O3.C3H8O3/c1-2-7(9)10-6-4-3-5-8;1-2-6(8)9-5-3-4-7;1-2-5(7)8-4-3-6;4-1-3(6)2-5/h2,8H,1,3-6H2;2,7H,1,3-5H2;2,6H,1,3-4H2;3-6H,1-2H2. The number of esters is 3. The third-order valence-electron chi connectivity index (χ3n) is 2.60. The van der Waals surface area contributed by atoms with E-state index in [1.54, 1.807) is 0 Å². The zero-order chi connectivity index (χ0) is 26.3. The molecule has 33 heavy (non-hydrogen) atoms. The Labute approximate surface area is 194 Å². The van der Waals surface area contributed by atoms with Crippen molar-refractivity contribution in [3.8, 4) is 0 Å². The summed E-state index contributed by atoms with van der Waals surface area (Å²) in [5.74, 6) is -1.35. The molecular weight excluding hydrogens is 444 g/mol. The molecule has 0 fully saturated rings. The minimum atomic E-state index is -0.954. The molecule has 0 radical (unpaired) electrons. The SMILES string of the molecule is C=CC(=O)OCCCCO.C=CC(=O)OCCCO.C=CC(=O)OCCO.OCC(O)CO. The molecule has 0 aromatic rings. The summed E-state index contributed by atoms with van der Waals surface area (Å²) >= 11 is 0. The van der Waals surface area contributed by atoms with E-state index in [0.29, 0.717) is 25.9 Å². The Morgan fingerprint density at radius 3 is 1.24 bits per heavy atom. The summed E-state index contributed by atoms with van der Waals surface area (Å²) in [6.45, 7) is 9.60. The molecule has 6 N–H and O–H groups in total. The van der Waals surface area contributed by atoms with Gasteiger partial charge in [-0.05, 0) is 12.8 Å². The van der Waals surface area contributed by atoms with Gasteiger partial charge in [-0.1, -0.05) is 19.7 Å². The monoisotopic (exact) mass is 482 g/mol. The predicted molar refractivity (Wildman–Crippen MR) is 119 cm³/mol. The van der Waals surface area contributed by atoms with Crippen LogP contribution in [0.2, 0.25) is 0 Å². The number of aliphatic hydroxyl groups excluding tert-OH is 6. The van der Waals surface area contributed by atoms with E-state index < -0.39 is 24.0 Å². The van der Waals surface area contributed by atoms with Gasteiger partial charge in [0.15, 0.2) is 0 Å². The normalized spacial score (nSPS) is 8.82. The lowest BCUT2D eigenvalue weighted by molar-refractivity contribution is -0.139. The summed E-state index contributed by atoms with van der Waals surface area (Å²) in [6.07, 6.45) is 4.18. The van der Waals surface area contributed by atoms with Crippen molar-refractivity contribution in [2.24, 2.45) is 0 Å². The van der Waals surface area contributed by atoms with Crippen molar-refractivity contribution in [3.05, 3.63) is 38.0 Å². The second-order valence-corrected chi connectivity index (χ2v) is 5.37. The van der Waals surface area contributed by atoms with Gasteiger partial charge in [-0.15, -0.1) is 0 Å². The highest BCUT2D eigenvalue weighted by molar-refractivity contribution is 5.81. The van der Waals surface area contributed by atoms with Crippen molar-refractivity contribution in [3.63, 3.8) is 0 Å². The van der Waals surface area contributed by atoms with Gasteiger partial charge in [0.1, 0.15) is 12.7 Å². The molecule has 0 atom stereocenters. The molecule has 0 unspecified atom stereocenters. The first-order valence-corrected chi connectivity index (χ1v) is 9.84. The smallest absolute Gasteiger partial charge is 0.330 e. The first-order chi connectivity index (χ1) is 15.7. The van der Waals surface area contributed by atoms with Gasteiger partial charge >= 0.3 is 17.9 Å². The third-order valence-corrected chi connectivity index (χ3v) is 2.60. The molecule has 0 aliphatic carbocycles. The van der Waals surface area contributed by atoms with E-state index in [0.717, 1.165) is 18.2 Å². The summed E-state index contributed by atoms with van der Waals surface area (Å²) in [6, 6.07) is 0. The van der Waals surface area contributed by atoms with E-state index in [4.69, 9.17) is 30.6 Å². The lowest BCUT2D eigenvalue weighted by Crippen LogP contribution is -2.15. The first-order valence-electron chi connectivity index (χ1n) is 9.84. The largest absolute Gasteiger partial charge is 0.463 e. The van der Waals surface area contributed by atoms with Crippen LogP contribution in [-0.2, 0) is 28.6 Å². The number of hydrogen-bond donors (Lipinski definition) is 6. The molecule has 12 nitrogen and oxygen atoms in total. The number of carbonyl (C=O) groups is 3. The lowest BCUT2D eigenvalue weighted by Gasteiger charge is -1.98. The number of ether oxygens (including phenoxy) is 3. The zero-order valence-corrected chi connectivity index (χ0v) is 18.8. The minimum absolute atomic E-state index is 0.0461. The Hall–Kier alpha value is -2.61. The molecule has 0 aromatic carbocycles. The van der Waals surface area contributed by atoms with Crippen molar-refractivity contribution >= 4 is 17.9 Å². The summed E-state index contributed by atoms with van der Waals surface area (Å²) in [5.41, 5.74) is 0. The predicted octanol–water partition coefficient (Wildman–Crippen LogP) is -1.37. The van der Waals surface area contributed by atoms with Crippen molar-refractivity contribution in [1.82, 2.24) is 0 Å². The number of rotatable bonds is 14. The molecule has 0 rings (SSSR count). The average molecular weight is 483 g/mol. The maximum atomic E-state index is 10.4. The molecule has 0 aliphatic rings. The Kier molecular flexibility index (Phi) is 38.8. The fourth-order valence-corrected chi connectivity index (χ4v) is 1.00. The number of aliphatic hydroxyl groups is 6. The second kappa shape index (κ2) is 34.0. The van der Waals surface area contributed by atoms with Crippen LogP contribution in [0.25, 0.3) is 0 Å². The van der Waals surface area contributed by atoms with Crippen LogP contribution in [0, 0.1) is 0 Å². The van der Waals surface area contributed by atoms with E-state index in [9.17, 15) is 14.4 Å². The molecular formula is C21H38O12. The van der Waals surface area contributed by atoms with E-state index in [2.05, 4.69) is 33.9 Å². The van der Waals surface area contributed by atoms with Gasteiger partial charge in [0.25, 0.3) is 0 Å². The number of carbonyl (C=O) groups excluding carboxylic acids is 3. The van der Waals surface area contributed by atoms with E-state index in [1.165, 1.54) is 0 Å². The molecule has 12 heteroatoms. The minimum Gasteiger partial charge on any atom is -0.463 e. The maximum absolute atomic E-state index is 10.4. The van der Waals surface area contributed by atoms with Crippen LogP contribution < -0.4 is 0 Å². The van der Waals surface area contributed by atoms with Gasteiger partial charge in [-0.25, -0.2) is 14.4 Å². The highest BCUT2D eigenvalue weighted by atomic mass is 16.5. The summed E-state index contributed by atoms with van der Waals surface area (Å²) in [7, 11) is 0. The molecule has 0 saturated carbocycles. The third kappa shape index (κ3) is 44.0.